The molecule has 118 valence electrons. The highest BCUT2D eigenvalue weighted by Gasteiger charge is 2.16. The Kier molecular flexibility index (Phi) is 4.65. The number of hydrogen-bond donors (Lipinski definition) is 1. The maximum Gasteiger partial charge on any atom is 0.142 e. The largest absolute Gasteiger partial charge is 0.383 e. The summed E-state index contributed by atoms with van der Waals surface area (Å²) in [6, 6.07) is 15.9. The van der Waals surface area contributed by atoms with E-state index in [-0.39, 0.29) is 11.4 Å². The van der Waals surface area contributed by atoms with E-state index in [4.69, 9.17) is 5.73 Å². The van der Waals surface area contributed by atoms with E-state index < -0.39 is 5.82 Å². The molecule has 1 heterocycles. The molecule has 0 bridgehead atoms. The quantitative estimate of drug-likeness (QED) is 0.562. The van der Waals surface area contributed by atoms with Crippen molar-refractivity contribution in [3.8, 4) is 28.5 Å². The number of halogens is 3. The topological polar surface area (TPSA) is 62.7 Å². The molecule has 2 aromatic carbocycles. The van der Waals surface area contributed by atoms with Gasteiger partial charge in [-0.2, -0.15) is 5.26 Å². The number of nitriles is 1. The van der Waals surface area contributed by atoms with E-state index in [0.29, 0.717) is 21.3 Å². The van der Waals surface area contributed by atoms with E-state index in [9.17, 15) is 9.65 Å². The molecule has 2 N–H and O–H groups in total. The lowest BCUT2D eigenvalue weighted by atomic mass is 9.98. The van der Waals surface area contributed by atoms with Gasteiger partial charge in [-0.05, 0) is 30.3 Å². The second-order valence-corrected chi connectivity index (χ2v) is 6.89. The minimum atomic E-state index is -0.437. The molecule has 0 fully saturated rings. The molecule has 24 heavy (non-hydrogen) atoms. The number of anilines is 1. The fourth-order valence-electron chi connectivity index (χ4n) is 2.37. The molecule has 3 aromatic rings. The van der Waals surface area contributed by atoms with Crippen LogP contribution in [-0.4, -0.2) is 4.98 Å². The molecule has 0 amide bonds. The fraction of sp³-hybridized carbons (Fsp3) is 0. The van der Waals surface area contributed by atoms with Crippen LogP contribution in [0.1, 0.15) is 5.56 Å². The average Bonchev–Trinajstić information content (AvgIpc) is 2.55. The number of benzene rings is 2. The third kappa shape index (κ3) is 3.18. The van der Waals surface area contributed by atoms with E-state index in [0.717, 1.165) is 10.0 Å². The van der Waals surface area contributed by atoms with Crippen LogP contribution in [0.15, 0.2) is 57.5 Å². The van der Waals surface area contributed by atoms with Crippen LogP contribution >= 0.6 is 31.9 Å². The standard InChI is InChI=1S/C18H10Br2FN3/c19-11-3-1-10(2-4-11)17-8-14(15(9-22)18(23)24-17)13-6-5-12(20)7-16(13)21/h1-8H,(H2,23,24). The van der Waals surface area contributed by atoms with Crippen LogP contribution in [0, 0.1) is 17.1 Å². The monoisotopic (exact) mass is 445 g/mol. The van der Waals surface area contributed by atoms with Crippen LogP contribution in [-0.2, 0) is 0 Å². The van der Waals surface area contributed by atoms with Gasteiger partial charge in [-0.1, -0.05) is 50.1 Å². The highest BCUT2D eigenvalue weighted by Crippen LogP contribution is 2.33. The van der Waals surface area contributed by atoms with E-state index in [1.165, 1.54) is 6.07 Å². The van der Waals surface area contributed by atoms with Crippen LogP contribution < -0.4 is 5.73 Å². The Balaban J connectivity index is 2.24. The molecular formula is C18H10Br2FN3. The summed E-state index contributed by atoms with van der Waals surface area (Å²) < 4.78 is 15.9. The molecule has 6 heteroatoms. The molecule has 0 unspecified atom stereocenters. The summed E-state index contributed by atoms with van der Waals surface area (Å²) in [7, 11) is 0. The molecule has 0 spiro atoms. The van der Waals surface area contributed by atoms with Crippen molar-refractivity contribution in [1.82, 2.24) is 4.98 Å². The molecule has 0 atom stereocenters. The van der Waals surface area contributed by atoms with Gasteiger partial charge in [-0.15, -0.1) is 0 Å². The number of hydrogen-bond acceptors (Lipinski definition) is 3. The SMILES string of the molecule is N#Cc1c(-c2ccc(Br)cc2F)cc(-c2ccc(Br)cc2)nc1N. The molecule has 0 aliphatic carbocycles. The van der Waals surface area contributed by atoms with Gasteiger partial charge in [-0.3, -0.25) is 0 Å². The van der Waals surface area contributed by atoms with Crippen molar-refractivity contribution >= 4 is 37.7 Å². The summed E-state index contributed by atoms with van der Waals surface area (Å²) in [5, 5.41) is 9.40. The van der Waals surface area contributed by atoms with Gasteiger partial charge >= 0.3 is 0 Å². The fourth-order valence-corrected chi connectivity index (χ4v) is 2.97. The van der Waals surface area contributed by atoms with E-state index in [1.807, 2.05) is 30.3 Å². The highest BCUT2D eigenvalue weighted by atomic mass is 79.9. The first-order valence-electron chi connectivity index (χ1n) is 6.91. The van der Waals surface area contributed by atoms with Gasteiger partial charge in [0.15, 0.2) is 0 Å². The molecule has 0 saturated heterocycles. The van der Waals surface area contributed by atoms with E-state index >= 15 is 0 Å². The van der Waals surface area contributed by atoms with Gasteiger partial charge in [0.05, 0.1) is 5.69 Å². The zero-order valence-corrected chi connectivity index (χ0v) is 15.4. The summed E-state index contributed by atoms with van der Waals surface area (Å²) in [6.45, 7) is 0. The van der Waals surface area contributed by atoms with Crippen LogP contribution in [0.5, 0.6) is 0 Å². The first kappa shape index (κ1) is 16.6. The maximum absolute atomic E-state index is 14.4. The molecule has 0 radical (unpaired) electrons. The van der Waals surface area contributed by atoms with Crippen LogP contribution in [0.4, 0.5) is 10.2 Å². The number of nitrogens with two attached hydrogens (primary N) is 1. The van der Waals surface area contributed by atoms with Crippen molar-refractivity contribution in [1.29, 1.82) is 5.26 Å². The molecule has 0 aliphatic heterocycles. The first-order chi connectivity index (χ1) is 11.5. The van der Waals surface area contributed by atoms with Gasteiger partial charge in [0.2, 0.25) is 0 Å². The Labute approximate surface area is 155 Å². The lowest BCUT2D eigenvalue weighted by molar-refractivity contribution is 0.630. The number of pyridine rings is 1. The third-order valence-electron chi connectivity index (χ3n) is 3.52. The predicted molar refractivity (Wildman–Crippen MR) is 99.6 cm³/mol. The van der Waals surface area contributed by atoms with Gasteiger partial charge in [0.1, 0.15) is 23.3 Å². The number of rotatable bonds is 2. The Morgan fingerprint density at radius 2 is 1.62 bits per heavy atom. The molecular weight excluding hydrogens is 437 g/mol. The van der Waals surface area contributed by atoms with Crippen molar-refractivity contribution in [3.05, 3.63) is 68.9 Å². The first-order valence-corrected chi connectivity index (χ1v) is 8.50. The highest BCUT2D eigenvalue weighted by molar-refractivity contribution is 9.10. The van der Waals surface area contributed by atoms with E-state index in [1.54, 1.807) is 18.2 Å². The number of nitrogens with zero attached hydrogens (tertiary/aromatic N) is 2. The van der Waals surface area contributed by atoms with Crippen molar-refractivity contribution in [3.63, 3.8) is 0 Å². The average molecular weight is 447 g/mol. The van der Waals surface area contributed by atoms with E-state index in [2.05, 4.69) is 36.8 Å². The zero-order valence-electron chi connectivity index (χ0n) is 12.2. The summed E-state index contributed by atoms with van der Waals surface area (Å²) in [6.07, 6.45) is 0. The van der Waals surface area contributed by atoms with Crippen molar-refractivity contribution in [2.24, 2.45) is 0 Å². The van der Waals surface area contributed by atoms with Crippen molar-refractivity contribution in [2.45, 2.75) is 0 Å². The predicted octanol–water partition coefficient (Wildman–Crippen LogP) is 5.53. The number of aromatic nitrogens is 1. The third-order valence-corrected chi connectivity index (χ3v) is 4.54. The number of nitrogen functional groups attached to an aromatic ring is 1. The molecule has 3 rings (SSSR count). The lowest BCUT2D eigenvalue weighted by Gasteiger charge is -2.11. The smallest absolute Gasteiger partial charge is 0.142 e. The summed E-state index contributed by atoms with van der Waals surface area (Å²) in [5.41, 5.74) is 8.25. The van der Waals surface area contributed by atoms with Crippen molar-refractivity contribution in [2.75, 3.05) is 5.73 Å². The summed E-state index contributed by atoms with van der Waals surface area (Å²) in [5.74, 6) is -0.358. The summed E-state index contributed by atoms with van der Waals surface area (Å²) in [4.78, 5) is 4.29. The molecule has 3 nitrogen and oxygen atoms in total. The van der Waals surface area contributed by atoms with Crippen molar-refractivity contribution < 1.29 is 4.39 Å². The minimum Gasteiger partial charge on any atom is -0.383 e. The van der Waals surface area contributed by atoms with Gasteiger partial charge < -0.3 is 5.73 Å². The second kappa shape index (κ2) is 6.71. The van der Waals surface area contributed by atoms with Gasteiger partial charge in [0.25, 0.3) is 0 Å². The lowest BCUT2D eigenvalue weighted by Crippen LogP contribution is -2.00. The second-order valence-electron chi connectivity index (χ2n) is 5.06. The summed E-state index contributed by atoms with van der Waals surface area (Å²) >= 11 is 6.61. The zero-order chi connectivity index (χ0) is 17.3. The maximum atomic E-state index is 14.4. The Bertz CT molecular complexity index is 963. The van der Waals surface area contributed by atoms with Crippen LogP contribution in [0.2, 0.25) is 0 Å². The molecule has 0 saturated carbocycles. The Morgan fingerprint density at radius 1 is 0.958 bits per heavy atom. The minimum absolute atomic E-state index is 0.0789. The van der Waals surface area contributed by atoms with Crippen LogP contribution in [0.3, 0.4) is 0 Å². The molecule has 1 aromatic heterocycles. The normalized spacial score (nSPS) is 10.4. The van der Waals surface area contributed by atoms with Gasteiger partial charge in [-0.25, -0.2) is 9.37 Å². The van der Waals surface area contributed by atoms with Crippen LogP contribution in [0.25, 0.3) is 22.4 Å². The molecule has 0 aliphatic rings. The Morgan fingerprint density at radius 3 is 2.25 bits per heavy atom. The van der Waals surface area contributed by atoms with Gasteiger partial charge in [0, 0.05) is 25.6 Å². The Hall–Kier alpha value is -2.23.